The molecule has 0 bridgehead atoms. The molecule has 0 N–H and O–H groups in total. The molecule has 2 atom stereocenters. The van der Waals surface area contributed by atoms with Crippen molar-refractivity contribution in [3.63, 3.8) is 0 Å². The minimum atomic E-state index is -0.307. The Kier molecular flexibility index (Phi) is 5.74. The van der Waals surface area contributed by atoms with Crippen LogP contribution >= 0.6 is 0 Å². The van der Waals surface area contributed by atoms with Crippen LogP contribution in [-0.2, 0) is 4.74 Å². The van der Waals surface area contributed by atoms with E-state index in [1.807, 2.05) is 24.3 Å². The van der Waals surface area contributed by atoms with E-state index in [2.05, 4.69) is 0 Å². The second kappa shape index (κ2) is 8.59. The van der Waals surface area contributed by atoms with Crippen LogP contribution in [-0.4, -0.2) is 44.1 Å². The minimum Gasteiger partial charge on any atom is -0.493 e. The first-order chi connectivity index (χ1) is 14.1. The fraction of sp³-hybridized carbons (Fsp3) is 0.409. The van der Waals surface area contributed by atoms with Crippen molar-refractivity contribution in [1.82, 2.24) is 4.90 Å². The van der Waals surface area contributed by atoms with E-state index in [1.54, 1.807) is 17.9 Å². The van der Waals surface area contributed by atoms with Crippen LogP contribution in [0.1, 0.15) is 24.8 Å². The van der Waals surface area contributed by atoms with E-state index in [-0.39, 0.29) is 30.5 Å². The van der Waals surface area contributed by atoms with Crippen LogP contribution in [0.5, 0.6) is 17.2 Å². The topological polar surface area (TPSA) is 57.2 Å². The number of amides is 1. The molecule has 1 fully saturated rings. The highest BCUT2D eigenvalue weighted by Gasteiger charge is 2.33. The zero-order valence-electron chi connectivity index (χ0n) is 16.3. The normalized spacial score (nSPS) is 20.4. The molecule has 2 aromatic carbocycles. The predicted octanol–water partition coefficient (Wildman–Crippen LogP) is 4.20. The Morgan fingerprint density at radius 3 is 2.76 bits per heavy atom. The molecule has 29 heavy (non-hydrogen) atoms. The van der Waals surface area contributed by atoms with Gasteiger partial charge in [-0.2, -0.15) is 0 Å². The van der Waals surface area contributed by atoms with Gasteiger partial charge < -0.3 is 23.8 Å². The quantitative estimate of drug-likeness (QED) is 0.752. The van der Waals surface area contributed by atoms with Crippen molar-refractivity contribution in [2.75, 3.05) is 33.1 Å². The number of piperidine rings is 1. The summed E-state index contributed by atoms with van der Waals surface area (Å²) in [6.45, 7) is 3.88. The fourth-order valence-corrected chi connectivity index (χ4v) is 3.90. The molecule has 6 nitrogen and oxygen atoms in total. The number of benzene rings is 2. The lowest BCUT2D eigenvalue weighted by atomic mass is 9.81. The van der Waals surface area contributed by atoms with Crippen molar-refractivity contribution in [2.24, 2.45) is 5.92 Å². The Balaban J connectivity index is 1.49. The summed E-state index contributed by atoms with van der Waals surface area (Å²) < 4.78 is 35.3. The Morgan fingerprint density at radius 2 is 1.97 bits per heavy atom. The first kappa shape index (κ1) is 19.4. The maximum absolute atomic E-state index is 13.4. The number of carbonyl (C=O) groups is 1. The summed E-state index contributed by atoms with van der Waals surface area (Å²) in [6, 6.07) is 12.0. The SMILES string of the molecule is CCOC(=O)N1CCC(c2ccc(F)cc2)C(COc2ccc3c(c2)OCO3)C1. The third-order valence-electron chi connectivity index (χ3n) is 5.37. The molecule has 2 unspecified atom stereocenters. The summed E-state index contributed by atoms with van der Waals surface area (Å²) in [6.07, 6.45) is 0.456. The van der Waals surface area contributed by atoms with E-state index >= 15 is 0 Å². The summed E-state index contributed by atoms with van der Waals surface area (Å²) in [7, 11) is 0. The van der Waals surface area contributed by atoms with Crippen molar-refractivity contribution < 1.29 is 28.1 Å². The molecule has 4 rings (SSSR count). The fourth-order valence-electron chi connectivity index (χ4n) is 3.90. The number of likely N-dealkylation sites (tertiary alicyclic amines) is 1. The Bertz CT molecular complexity index is 857. The number of ether oxygens (including phenoxy) is 4. The standard InChI is InChI=1S/C22H24FNO5/c1-2-26-22(25)24-10-9-19(15-3-5-17(23)6-4-15)16(12-24)13-27-18-7-8-20-21(11-18)29-14-28-20/h3-8,11,16,19H,2,9-10,12-14H2,1H3. The average Bonchev–Trinajstić information content (AvgIpc) is 3.21. The number of hydrogen-bond acceptors (Lipinski definition) is 5. The van der Waals surface area contributed by atoms with E-state index < -0.39 is 0 Å². The maximum atomic E-state index is 13.4. The van der Waals surface area contributed by atoms with E-state index in [0.717, 1.165) is 12.0 Å². The zero-order valence-corrected chi connectivity index (χ0v) is 16.3. The molecule has 1 amide bonds. The van der Waals surface area contributed by atoms with Gasteiger partial charge in [-0.3, -0.25) is 0 Å². The van der Waals surface area contributed by atoms with Crippen LogP contribution in [0.25, 0.3) is 0 Å². The average molecular weight is 401 g/mol. The van der Waals surface area contributed by atoms with Crippen molar-refractivity contribution in [3.05, 3.63) is 53.8 Å². The lowest BCUT2D eigenvalue weighted by Gasteiger charge is -2.38. The van der Waals surface area contributed by atoms with Crippen LogP contribution in [0.15, 0.2) is 42.5 Å². The lowest BCUT2D eigenvalue weighted by Crippen LogP contribution is -2.45. The molecule has 0 saturated carbocycles. The second-order valence-electron chi connectivity index (χ2n) is 7.18. The van der Waals surface area contributed by atoms with Crippen molar-refractivity contribution in [1.29, 1.82) is 0 Å². The van der Waals surface area contributed by atoms with Crippen molar-refractivity contribution in [3.8, 4) is 17.2 Å². The van der Waals surface area contributed by atoms with Gasteiger partial charge in [0.1, 0.15) is 11.6 Å². The molecular formula is C22H24FNO5. The van der Waals surface area contributed by atoms with Crippen LogP contribution in [0.2, 0.25) is 0 Å². The molecule has 2 heterocycles. The van der Waals surface area contributed by atoms with Crippen molar-refractivity contribution >= 4 is 6.09 Å². The minimum absolute atomic E-state index is 0.0454. The highest BCUT2D eigenvalue weighted by atomic mass is 19.1. The maximum Gasteiger partial charge on any atom is 0.409 e. The number of fused-ring (bicyclic) bond motifs is 1. The molecule has 7 heteroatoms. The third kappa shape index (κ3) is 4.39. The van der Waals surface area contributed by atoms with Crippen LogP contribution in [0.4, 0.5) is 9.18 Å². The van der Waals surface area contributed by atoms with E-state index in [0.29, 0.717) is 43.6 Å². The zero-order chi connectivity index (χ0) is 20.2. The van der Waals surface area contributed by atoms with Gasteiger partial charge in [-0.15, -0.1) is 0 Å². The molecule has 154 valence electrons. The summed E-state index contributed by atoms with van der Waals surface area (Å²) in [5.41, 5.74) is 1.05. The lowest BCUT2D eigenvalue weighted by molar-refractivity contribution is 0.0714. The molecular weight excluding hydrogens is 377 g/mol. The van der Waals surface area contributed by atoms with Crippen molar-refractivity contribution in [2.45, 2.75) is 19.3 Å². The number of halogens is 1. The highest BCUT2D eigenvalue weighted by molar-refractivity contribution is 5.67. The van der Waals surface area contributed by atoms with E-state index in [9.17, 15) is 9.18 Å². The van der Waals surface area contributed by atoms with E-state index in [1.165, 1.54) is 12.1 Å². The predicted molar refractivity (Wildman–Crippen MR) is 104 cm³/mol. The third-order valence-corrected chi connectivity index (χ3v) is 5.37. The number of hydrogen-bond donors (Lipinski definition) is 0. The van der Waals surface area contributed by atoms with Crippen LogP contribution < -0.4 is 14.2 Å². The summed E-state index contributed by atoms with van der Waals surface area (Å²) in [5, 5.41) is 0. The summed E-state index contributed by atoms with van der Waals surface area (Å²) in [5.74, 6) is 1.99. The van der Waals surface area contributed by atoms with Gasteiger partial charge in [-0.05, 0) is 49.1 Å². The van der Waals surface area contributed by atoms with Gasteiger partial charge in [-0.1, -0.05) is 12.1 Å². The van der Waals surface area contributed by atoms with Gasteiger partial charge in [-0.25, -0.2) is 9.18 Å². The van der Waals surface area contributed by atoms with E-state index in [4.69, 9.17) is 18.9 Å². The summed E-state index contributed by atoms with van der Waals surface area (Å²) >= 11 is 0. The first-order valence-electron chi connectivity index (χ1n) is 9.83. The summed E-state index contributed by atoms with van der Waals surface area (Å²) in [4.78, 5) is 13.9. The van der Waals surface area contributed by atoms with Gasteiger partial charge in [0.2, 0.25) is 6.79 Å². The first-order valence-corrected chi connectivity index (χ1v) is 9.83. The smallest absolute Gasteiger partial charge is 0.409 e. The number of carbonyl (C=O) groups excluding carboxylic acids is 1. The number of nitrogens with zero attached hydrogens (tertiary/aromatic N) is 1. The monoisotopic (exact) mass is 401 g/mol. The Morgan fingerprint density at radius 1 is 1.17 bits per heavy atom. The Labute approximate surface area is 169 Å². The molecule has 0 aromatic heterocycles. The molecule has 2 aromatic rings. The Hall–Kier alpha value is -2.96. The highest BCUT2D eigenvalue weighted by Crippen LogP contribution is 2.37. The molecule has 1 saturated heterocycles. The van der Waals surface area contributed by atoms with Crippen LogP contribution in [0.3, 0.4) is 0 Å². The number of rotatable bonds is 5. The molecule has 2 aliphatic rings. The molecule has 2 aliphatic heterocycles. The van der Waals surface area contributed by atoms with Gasteiger partial charge in [0, 0.05) is 25.1 Å². The molecule has 0 radical (unpaired) electrons. The van der Waals surface area contributed by atoms with Gasteiger partial charge >= 0.3 is 6.09 Å². The van der Waals surface area contributed by atoms with Gasteiger partial charge in [0.15, 0.2) is 11.5 Å². The largest absolute Gasteiger partial charge is 0.493 e. The molecule has 0 spiro atoms. The second-order valence-corrected chi connectivity index (χ2v) is 7.18. The molecule has 0 aliphatic carbocycles. The van der Waals surface area contributed by atoms with Gasteiger partial charge in [0.05, 0.1) is 13.2 Å². The van der Waals surface area contributed by atoms with Gasteiger partial charge in [0.25, 0.3) is 0 Å². The van der Waals surface area contributed by atoms with Crippen LogP contribution in [0, 0.1) is 11.7 Å².